The molecular formula is C21H20N2O3. The molecule has 2 aromatic carbocycles. The predicted octanol–water partition coefficient (Wildman–Crippen LogP) is 4.52. The number of ether oxygens (including phenoxy) is 1. The molecule has 0 unspecified atom stereocenters. The highest BCUT2D eigenvalue weighted by Gasteiger charge is 2.33. The van der Waals surface area contributed by atoms with E-state index >= 15 is 0 Å². The zero-order valence-corrected chi connectivity index (χ0v) is 14.8. The minimum atomic E-state index is -0.290. The SMILES string of the molecule is Cc1ccccc1-c1nnc(-c2ccc(C(=O)OC[C@@H]3C[C@H]3C)cc2)o1. The largest absolute Gasteiger partial charge is 0.462 e. The van der Waals surface area contributed by atoms with Crippen molar-refractivity contribution in [1.29, 1.82) is 0 Å². The fraction of sp³-hybridized carbons (Fsp3) is 0.286. The fourth-order valence-corrected chi connectivity index (χ4v) is 2.91. The second kappa shape index (κ2) is 6.75. The van der Waals surface area contributed by atoms with Gasteiger partial charge in [-0.15, -0.1) is 10.2 Å². The predicted molar refractivity (Wildman–Crippen MR) is 97.5 cm³/mol. The van der Waals surface area contributed by atoms with Gasteiger partial charge in [0.1, 0.15) is 0 Å². The van der Waals surface area contributed by atoms with Crippen molar-refractivity contribution in [3.05, 3.63) is 59.7 Å². The van der Waals surface area contributed by atoms with E-state index in [-0.39, 0.29) is 5.97 Å². The molecule has 0 aliphatic heterocycles. The molecule has 0 amide bonds. The number of carbonyl (C=O) groups excluding carboxylic acids is 1. The number of aromatic nitrogens is 2. The Morgan fingerprint density at radius 2 is 1.81 bits per heavy atom. The molecule has 5 nitrogen and oxygen atoms in total. The minimum absolute atomic E-state index is 0.290. The van der Waals surface area contributed by atoms with E-state index < -0.39 is 0 Å². The summed E-state index contributed by atoms with van der Waals surface area (Å²) in [6.07, 6.45) is 1.15. The van der Waals surface area contributed by atoms with E-state index in [2.05, 4.69) is 17.1 Å². The number of hydrogen-bond donors (Lipinski definition) is 0. The summed E-state index contributed by atoms with van der Waals surface area (Å²) in [5.41, 5.74) is 3.29. The van der Waals surface area contributed by atoms with Gasteiger partial charge in [-0.25, -0.2) is 4.79 Å². The van der Waals surface area contributed by atoms with Crippen LogP contribution < -0.4 is 0 Å². The Hall–Kier alpha value is -2.95. The summed E-state index contributed by atoms with van der Waals surface area (Å²) in [6.45, 7) is 4.68. The number of benzene rings is 2. The van der Waals surface area contributed by atoms with Crippen LogP contribution in [0.25, 0.3) is 22.9 Å². The second-order valence-corrected chi connectivity index (χ2v) is 6.88. The Morgan fingerprint density at radius 1 is 1.12 bits per heavy atom. The molecule has 5 heteroatoms. The molecule has 1 aliphatic rings. The van der Waals surface area contributed by atoms with Gasteiger partial charge in [-0.1, -0.05) is 25.1 Å². The third kappa shape index (κ3) is 3.38. The van der Waals surface area contributed by atoms with E-state index in [0.29, 0.717) is 35.8 Å². The van der Waals surface area contributed by atoms with E-state index in [0.717, 1.165) is 23.1 Å². The third-order valence-electron chi connectivity index (χ3n) is 4.87. The molecule has 0 spiro atoms. The van der Waals surface area contributed by atoms with E-state index in [1.807, 2.05) is 31.2 Å². The number of aryl methyl sites for hydroxylation is 1. The van der Waals surface area contributed by atoms with Crippen LogP contribution in [0.2, 0.25) is 0 Å². The van der Waals surface area contributed by atoms with Gasteiger partial charge < -0.3 is 9.15 Å². The number of rotatable bonds is 5. The average Bonchev–Trinajstić information content (AvgIpc) is 3.16. The van der Waals surface area contributed by atoms with Gasteiger partial charge in [0.05, 0.1) is 12.2 Å². The van der Waals surface area contributed by atoms with Gasteiger partial charge in [-0.3, -0.25) is 0 Å². The van der Waals surface area contributed by atoms with Crippen LogP contribution in [0.1, 0.15) is 29.3 Å². The number of hydrogen-bond acceptors (Lipinski definition) is 5. The van der Waals surface area contributed by atoms with Crippen LogP contribution in [0.4, 0.5) is 0 Å². The van der Waals surface area contributed by atoms with Crippen LogP contribution in [-0.2, 0) is 4.74 Å². The molecule has 0 saturated heterocycles. The van der Waals surface area contributed by atoms with Crippen molar-refractivity contribution < 1.29 is 13.9 Å². The molecule has 26 heavy (non-hydrogen) atoms. The molecular weight excluding hydrogens is 328 g/mol. The highest BCUT2D eigenvalue weighted by Crippen LogP contribution is 2.37. The molecule has 132 valence electrons. The van der Waals surface area contributed by atoms with Crippen LogP contribution >= 0.6 is 0 Å². The Balaban J connectivity index is 1.47. The van der Waals surface area contributed by atoms with Crippen molar-refractivity contribution in [3.63, 3.8) is 0 Å². The fourth-order valence-electron chi connectivity index (χ4n) is 2.91. The van der Waals surface area contributed by atoms with Crippen LogP contribution in [0.5, 0.6) is 0 Å². The Morgan fingerprint density at radius 3 is 2.50 bits per heavy atom. The van der Waals surface area contributed by atoms with Crippen molar-refractivity contribution in [2.75, 3.05) is 6.61 Å². The van der Waals surface area contributed by atoms with Crippen molar-refractivity contribution in [1.82, 2.24) is 10.2 Å². The second-order valence-electron chi connectivity index (χ2n) is 6.88. The van der Waals surface area contributed by atoms with Crippen molar-refractivity contribution in [3.8, 4) is 22.9 Å². The number of esters is 1. The van der Waals surface area contributed by atoms with Crippen LogP contribution in [0.3, 0.4) is 0 Å². The lowest BCUT2D eigenvalue weighted by Crippen LogP contribution is -2.07. The number of nitrogens with zero attached hydrogens (tertiary/aromatic N) is 2. The first-order valence-electron chi connectivity index (χ1n) is 8.79. The van der Waals surface area contributed by atoms with Gasteiger partial charge in [0, 0.05) is 11.1 Å². The van der Waals surface area contributed by atoms with Crippen LogP contribution in [0.15, 0.2) is 52.9 Å². The van der Waals surface area contributed by atoms with E-state index in [1.54, 1.807) is 24.3 Å². The number of carbonyl (C=O) groups is 1. The summed E-state index contributed by atoms with van der Waals surface area (Å²) in [6, 6.07) is 14.9. The summed E-state index contributed by atoms with van der Waals surface area (Å²) < 4.78 is 11.2. The first-order chi connectivity index (χ1) is 12.6. The van der Waals surface area contributed by atoms with Crippen LogP contribution in [-0.4, -0.2) is 22.8 Å². The Labute approximate surface area is 152 Å². The molecule has 1 aliphatic carbocycles. The zero-order valence-electron chi connectivity index (χ0n) is 14.8. The van der Waals surface area contributed by atoms with Gasteiger partial charge in [-0.2, -0.15) is 0 Å². The van der Waals surface area contributed by atoms with Gasteiger partial charge in [0.15, 0.2) is 0 Å². The summed E-state index contributed by atoms with van der Waals surface area (Å²) in [5, 5.41) is 8.26. The van der Waals surface area contributed by atoms with Crippen molar-refractivity contribution in [2.45, 2.75) is 20.3 Å². The van der Waals surface area contributed by atoms with E-state index in [9.17, 15) is 4.79 Å². The molecule has 3 aromatic rings. The summed E-state index contributed by atoms with van der Waals surface area (Å²) in [4.78, 5) is 12.1. The Kier molecular flexibility index (Phi) is 4.29. The lowest BCUT2D eigenvalue weighted by atomic mass is 10.1. The van der Waals surface area contributed by atoms with Crippen LogP contribution in [0, 0.1) is 18.8 Å². The standard InChI is InChI=1S/C21H20N2O3/c1-13-5-3-4-6-18(13)20-23-22-19(26-20)15-7-9-16(10-8-15)21(24)25-12-17-11-14(17)2/h3-10,14,17H,11-12H2,1-2H3/t14-,17+/m1/s1. The molecule has 2 atom stereocenters. The third-order valence-corrected chi connectivity index (χ3v) is 4.87. The molecule has 0 N–H and O–H groups in total. The highest BCUT2D eigenvalue weighted by molar-refractivity contribution is 5.89. The minimum Gasteiger partial charge on any atom is -0.462 e. The quantitative estimate of drug-likeness (QED) is 0.634. The lowest BCUT2D eigenvalue weighted by molar-refractivity contribution is 0.0481. The molecule has 0 bridgehead atoms. The smallest absolute Gasteiger partial charge is 0.338 e. The molecule has 1 fully saturated rings. The highest BCUT2D eigenvalue weighted by atomic mass is 16.5. The first kappa shape index (κ1) is 16.5. The summed E-state index contributed by atoms with van der Waals surface area (Å²) in [7, 11) is 0. The molecule has 1 heterocycles. The van der Waals surface area contributed by atoms with Gasteiger partial charge >= 0.3 is 5.97 Å². The zero-order chi connectivity index (χ0) is 18.1. The maximum atomic E-state index is 12.1. The van der Waals surface area contributed by atoms with E-state index in [1.165, 1.54) is 0 Å². The van der Waals surface area contributed by atoms with Gasteiger partial charge in [-0.05, 0) is 61.1 Å². The average molecular weight is 348 g/mol. The molecule has 4 rings (SSSR count). The van der Waals surface area contributed by atoms with Gasteiger partial charge in [0.2, 0.25) is 11.8 Å². The lowest BCUT2D eigenvalue weighted by Gasteiger charge is -2.04. The Bertz CT molecular complexity index is 930. The summed E-state index contributed by atoms with van der Waals surface area (Å²) >= 11 is 0. The maximum absolute atomic E-state index is 12.1. The van der Waals surface area contributed by atoms with E-state index in [4.69, 9.17) is 9.15 Å². The monoisotopic (exact) mass is 348 g/mol. The first-order valence-corrected chi connectivity index (χ1v) is 8.79. The van der Waals surface area contributed by atoms with Gasteiger partial charge in [0.25, 0.3) is 0 Å². The molecule has 1 saturated carbocycles. The maximum Gasteiger partial charge on any atom is 0.338 e. The van der Waals surface area contributed by atoms with Crippen molar-refractivity contribution >= 4 is 5.97 Å². The molecule has 1 aromatic heterocycles. The summed E-state index contributed by atoms with van der Waals surface area (Å²) in [5.74, 6) is 1.82. The topological polar surface area (TPSA) is 65.2 Å². The molecule has 0 radical (unpaired) electrons. The normalized spacial score (nSPS) is 18.5. The van der Waals surface area contributed by atoms with Crippen molar-refractivity contribution in [2.24, 2.45) is 11.8 Å².